The maximum Gasteiger partial charge on any atom is 0.453 e. The fraction of sp³-hybridized carbons (Fsp3) is 0.400. The van der Waals surface area contributed by atoms with Gasteiger partial charge in [0.2, 0.25) is 11.8 Å². The Bertz CT molecular complexity index is 1240. The van der Waals surface area contributed by atoms with Gasteiger partial charge >= 0.3 is 12.1 Å². The van der Waals surface area contributed by atoms with Gasteiger partial charge < -0.3 is 15.0 Å². The van der Waals surface area contributed by atoms with Crippen LogP contribution in [0.2, 0.25) is 0 Å². The minimum atomic E-state index is -4.83. The van der Waals surface area contributed by atoms with Crippen molar-refractivity contribution in [2.24, 2.45) is 5.92 Å². The van der Waals surface area contributed by atoms with E-state index in [9.17, 15) is 37.7 Å². The maximum absolute atomic E-state index is 12.9. The van der Waals surface area contributed by atoms with Crippen molar-refractivity contribution >= 4 is 23.5 Å². The summed E-state index contributed by atoms with van der Waals surface area (Å²) in [5.41, 5.74) is 0.457. The monoisotopic (exact) mass is 509 g/mol. The van der Waals surface area contributed by atoms with E-state index in [4.69, 9.17) is 4.74 Å². The molecule has 0 bridgehead atoms. The van der Waals surface area contributed by atoms with E-state index in [1.807, 2.05) is 0 Å². The quantitative estimate of drug-likeness (QED) is 0.236. The van der Waals surface area contributed by atoms with Gasteiger partial charge in [0.05, 0.1) is 16.9 Å². The van der Waals surface area contributed by atoms with E-state index in [1.165, 1.54) is 42.2 Å². The Morgan fingerprint density at radius 1 is 1.31 bits per heavy atom. The number of hydrogen-bond donors (Lipinski definition) is 1. The normalized spacial score (nSPS) is 19.7. The van der Waals surface area contributed by atoms with Crippen LogP contribution in [-0.2, 0) is 38.4 Å². The molecule has 3 atom stereocenters. The molecule has 0 aliphatic carbocycles. The number of nitro benzene ring substituents is 1. The molecule has 1 aromatic carbocycles. The average Bonchev–Trinajstić information content (AvgIpc) is 3.42. The third kappa shape index (κ3) is 4.73. The summed E-state index contributed by atoms with van der Waals surface area (Å²) in [5.74, 6) is -4.13. The van der Waals surface area contributed by atoms with E-state index >= 15 is 0 Å². The van der Waals surface area contributed by atoms with Crippen molar-refractivity contribution in [3.8, 4) is 0 Å². The van der Waals surface area contributed by atoms with Gasteiger partial charge in [-0.1, -0.05) is 6.08 Å². The van der Waals surface area contributed by atoms with Crippen LogP contribution < -0.4 is 5.32 Å². The van der Waals surface area contributed by atoms with Crippen LogP contribution in [-0.4, -0.2) is 59.9 Å². The van der Waals surface area contributed by atoms with Gasteiger partial charge in [-0.15, -0.1) is 5.10 Å². The van der Waals surface area contributed by atoms with Crippen molar-refractivity contribution in [1.29, 1.82) is 0 Å². The molecule has 13 nitrogen and oxygen atoms in total. The number of rotatable bonds is 8. The van der Waals surface area contributed by atoms with Gasteiger partial charge in [0.15, 0.2) is 0 Å². The third-order valence-electron chi connectivity index (χ3n) is 5.81. The minimum Gasteiger partial charge on any atom is -0.456 e. The van der Waals surface area contributed by atoms with Crippen LogP contribution in [0.3, 0.4) is 0 Å². The van der Waals surface area contributed by atoms with Gasteiger partial charge in [-0.3, -0.25) is 19.7 Å². The Kier molecular flexibility index (Phi) is 6.43. The molecule has 2 aliphatic rings. The Hall–Kier alpha value is -4.37. The summed E-state index contributed by atoms with van der Waals surface area (Å²) in [6, 6.07) is 4.28. The number of β-lactam (4-membered cyclic amide) rings is 1. The fourth-order valence-corrected chi connectivity index (χ4v) is 4.15. The summed E-state index contributed by atoms with van der Waals surface area (Å²) >= 11 is 0. The predicted molar refractivity (Wildman–Crippen MR) is 110 cm³/mol. The molecule has 3 heterocycles. The summed E-state index contributed by atoms with van der Waals surface area (Å²) in [6.45, 7) is 0.584. The molecule has 190 valence electrons. The van der Waals surface area contributed by atoms with E-state index in [-0.39, 0.29) is 18.0 Å². The lowest BCUT2D eigenvalue weighted by Crippen LogP contribution is -2.64. The van der Waals surface area contributed by atoms with Crippen LogP contribution in [0.1, 0.15) is 24.7 Å². The molecule has 2 aromatic rings. The lowest BCUT2D eigenvalue weighted by Gasteiger charge is -2.46. The predicted octanol–water partition coefficient (Wildman–Crippen LogP) is 0.963. The fourth-order valence-electron chi connectivity index (χ4n) is 4.15. The highest BCUT2D eigenvalue weighted by Gasteiger charge is 2.55. The number of nitrogens with one attached hydrogen (secondary N) is 1. The molecule has 4 rings (SSSR count). The number of carbonyl (C=O) groups is 3. The largest absolute Gasteiger partial charge is 0.456 e. The molecule has 1 aromatic heterocycles. The van der Waals surface area contributed by atoms with Crippen molar-refractivity contribution in [3.63, 3.8) is 0 Å². The summed E-state index contributed by atoms with van der Waals surface area (Å²) < 4.78 is 44.1. The van der Waals surface area contributed by atoms with Crippen LogP contribution in [0.5, 0.6) is 0 Å². The number of benzene rings is 1. The molecular weight excluding hydrogens is 491 g/mol. The second kappa shape index (κ2) is 9.35. The maximum atomic E-state index is 12.9. The Morgan fingerprint density at radius 2 is 2.00 bits per heavy atom. The number of amides is 2. The van der Waals surface area contributed by atoms with Gasteiger partial charge in [0.25, 0.3) is 11.5 Å². The molecule has 2 amide bonds. The molecule has 1 fully saturated rings. The van der Waals surface area contributed by atoms with Crippen molar-refractivity contribution in [1.82, 2.24) is 30.4 Å². The molecule has 16 heteroatoms. The molecule has 0 radical (unpaired) electrons. The highest BCUT2D eigenvalue weighted by Crippen LogP contribution is 2.40. The van der Waals surface area contributed by atoms with E-state index < -0.39 is 59.3 Å². The minimum absolute atomic E-state index is 0.0465. The standard InChI is InChI=1S/C20H18F3N7O6/c1-10(24-15(31)8-28-19(20(21,22)23)25-26-27-28)16-13-6-7-14(29(13)17(16)32)18(33)36-9-11-2-4-12(5-3-11)30(34)35/h2-5,7,10,13,16H,6,8-9H2,1H3,(H,24,31)/t10-,13?,16?/m1/s1. The molecule has 1 saturated heterocycles. The van der Waals surface area contributed by atoms with E-state index in [2.05, 4.69) is 20.8 Å². The number of aromatic nitrogens is 4. The molecule has 0 saturated carbocycles. The number of ether oxygens (including phenoxy) is 1. The van der Waals surface area contributed by atoms with Crippen LogP contribution in [0.4, 0.5) is 18.9 Å². The van der Waals surface area contributed by atoms with E-state index in [1.54, 1.807) is 0 Å². The third-order valence-corrected chi connectivity index (χ3v) is 5.81. The highest BCUT2D eigenvalue weighted by atomic mass is 19.4. The van der Waals surface area contributed by atoms with E-state index in [0.29, 0.717) is 16.7 Å². The topological polar surface area (TPSA) is 162 Å². The highest BCUT2D eigenvalue weighted by molar-refractivity contribution is 6.00. The lowest BCUT2D eigenvalue weighted by atomic mass is 9.82. The van der Waals surface area contributed by atoms with Gasteiger partial charge in [-0.25, -0.2) is 9.48 Å². The average molecular weight is 509 g/mol. The number of alkyl halides is 3. The van der Waals surface area contributed by atoms with Crippen LogP contribution in [0, 0.1) is 16.0 Å². The second-order valence-corrected chi connectivity index (χ2v) is 8.14. The number of fused-ring (bicyclic) bond motifs is 1. The number of halogens is 3. The number of tetrazole rings is 1. The summed E-state index contributed by atoms with van der Waals surface area (Å²) in [5, 5.41) is 22.2. The first-order chi connectivity index (χ1) is 17.0. The number of carbonyl (C=O) groups excluding carboxylic acids is 3. The molecule has 0 spiro atoms. The summed E-state index contributed by atoms with van der Waals surface area (Å²) in [4.78, 5) is 48.9. The van der Waals surface area contributed by atoms with Crippen molar-refractivity contribution in [3.05, 3.63) is 57.5 Å². The van der Waals surface area contributed by atoms with Crippen LogP contribution in [0.15, 0.2) is 36.0 Å². The van der Waals surface area contributed by atoms with Crippen molar-refractivity contribution in [2.75, 3.05) is 0 Å². The SMILES string of the molecule is C[C@@H](NC(=O)Cn1nnnc1C(F)(F)F)C1C(=O)N2C(C(=O)OCc3ccc([N+](=O)[O-])cc3)=CCC12. The Labute approximate surface area is 200 Å². The molecular formula is C20H18F3N7O6. The van der Waals surface area contributed by atoms with Crippen molar-refractivity contribution < 1.29 is 37.2 Å². The van der Waals surface area contributed by atoms with Gasteiger partial charge in [-0.05, 0) is 41.5 Å². The summed E-state index contributed by atoms with van der Waals surface area (Å²) in [6.07, 6.45) is -2.98. The summed E-state index contributed by atoms with van der Waals surface area (Å²) in [7, 11) is 0. The smallest absolute Gasteiger partial charge is 0.453 e. The lowest BCUT2D eigenvalue weighted by molar-refractivity contribution is -0.384. The zero-order valence-electron chi connectivity index (χ0n) is 18.5. The van der Waals surface area contributed by atoms with Crippen LogP contribution >= 0.6 is 0 Å². The van der Waals surface area contributed by atoms with Gasteiger partial charge in [-0.2, -0.15) is 13.2 Å². The number of nitrogens with zero attached hydrogens (tertiary/aromatic N) is 6. The zero-order valence-corrected chi connectivity index (χ0v) is 18.5. The first kappa shape index (κ1) is 24.7. The zero-order chi connectivity index (χ0) is 26.2. The number of esters is 1. The Morgan fingerprint density at radius 3 is 2.64 bits per heavy atom. The van der Waals surface area contributed by atoms with Gasteiger partial charge in [0.1, 0.15) is 18.8 Å². The number of nitro groups is 1. The molecule has 2 aliphatic heterocycles. The second-order valence-electron chi connectivity index (χ2n) is 8.14. The van der Waals surface area contributed by atoms with Crippen molar-refractivity contribution in [2.45, 2.75) is 44.8 Å². The first-order valence-electron chi connectivity index (χ1n) is 10.5. The molecule has 2 unspecified atom stereocenters. The molecule has 1 N–H and O–H groups in total. The molecule has 36 heavy (non-hydrogen) atoms. The van der Waals surface area contributed by atoms with Gasteiger partial charge in [0, 0.05) is 18.2 Å². The Balaban J connectivity index is 1.30. The number of non-ortho nitro benzene ring substituents is 1. The first-order valence-corrected chi connectivity index (χ1v) is 10.5. The number of hydrogen-bond acceptors (Lipinski definition) is 9. The van der Waals surface area contributed by atoms with E-state index in [0.717, 1.165) is 0 Å². The van der Waals surface area contributed by atoms with Crippen LogP contribution in [0.25, 0.3) is 0 Å².